The number of amides is 1. The number of rotatable bonds is 7. The molecule has 0 fully saturated rings. The Hall–Kier alpha value is -3.78. The third-order valence-corrected chi connectivity index (χ3v) is 2.80. The van der Waals surface area contributed by atoms with Gasteiger partial charge < -0.3 is 21.1 Å². The van der Waals surface area contributed by atoms with Gasteiger partial charge in [0.1, 0.15) is 23.5 Å². The second-order valence-electron chi connectivity index (χ2n) is 4.67. The molecule has 4 N–H and O–H groups in total. The molecule has 1 aromatic rings. The van der Waals surface area contributed by atoms with Gasteiger partial charge in [0.05, 0.1) is 6.61 Å². The highest BCUT2D eigenvalue weighted by Crippen LogP contribution is 2.03. The number of hydrogen-bond donors (Lipinski definition) is 3. The van der Waals surface area contributed by atoms with E-state index in [0.29, 0.717) is 12.0 Å². The minimum atomic E-state index is -0.786. The van der Waals surface area contributed by atoms with Crippen LogP contribution in [-0.4, -0.2) is 18.5 Å². The van der Waals surface area contributed by atoms with Gasteiger partial charge in [-0.05, 0) is 18.6 Å². The first kappa shape index (κ1) is 19.3. The third kappa shape index (κ3) is 6.08. The van der Waals surface area contributed by atoms with Crippen molar-refractivity contribution < 1.29 is 14.3 Å². The van der Waals surface area contributed by atoms with E-state index >= 15 is 0 Å². The minimum Gasteiger partial charge on any atom is -0.461 e. The minimum absolute atomic E-state index is 0.165. The largest absolute Gasteiger partial charge is 0.461 e. The van der Waals surface area contributed by atoms with Crippen LogP contribution in [0.5, 0.6) is 0 Å². The molecule has 0 aliphatic rings. The molecule has 1 rings (SSSR count). The van der Waals surface area contributed by atoms with Crippen molar-refractivity contribution in [2.24, 2.45) is 5.73 Å². The SMILES string of the molecule is CCCOC(=O)/C(=C\N/C(C#N)=C(/N)C#N)NC(=O)c1ccccc1. The lowest BCUT2D eigenvalue weighted by Gasteiger charge is -2.10. The van der Waals surface area contributed by atoms with Crippen LogP contribution in [0.15, 0.2) is 53.6 Å². The summed E-state index contributed by atoms with van der Waals surface area (Å²) in [5.74, 6) is -1.32. The van der Waals surface area contributed by atoms with Gasteiger partial charge in [-0.3, -0.25) is 4.79 Å². The quantitative estimate of drug-likeness (QED) is 0.382. The van der Waals surface area contributed by atoms with Crippen LogP contribution in [0, 0.1) is 22.7 Å². The van der Waals surface area contributed by atoms with E-state index in [-0.39, 0.29) is 23.7 Å². The van der Waals surface area contributed by atoms with Crippen LogP contribution >= 0.6 is 0 Å². The highest BCUT2D eigenvalue weighted by molar-refractivity contribution is 6.01. The van der Waals surface area contributed by atoms with Gasteiger partial charge in [-0.15, -0.1) is 0 Å². The molecule has 128 valence electrons. The molecule has 8 heteroatoms. The second-order valence-corrected chi connectivity index (χ2v) is 4.67. The van der Waals surface area contributed by atoms with Crippen molar-refractivity contribution in [2.75, 3.05) is 6.61 Å². The summed E-state index contributed by atoms with van der Waals surface area (Å²) in [6.45, 7) is 1.99. The summed E-state index contributed by atoms with van der Waals surface area (Å²) in [7, 11) is 0. The summed E-state index contributed by atoms with van der Waals surface area (Å²) in [5, 5.41) is 22.5. The number of nitrogens with zero attached hydrogens (tertiary/aromatic N) is 2. The van der Waals surface area contributed by atoms with Crippen LogP contribution < -0.4 is 16.4 Å². The molecule has 8 nitrogen and oxygen atoms in total. The number of nitrogens with two attached hydrogens (primary N) is 1. The Bertz CT molecular complexity index is 770. The Balaban J connectivity index is 3.03. The molecule has 0 bridgehead atoms. The molecule has 0 radical (unpaired) electrons. The third-order valence-electron chi connectivity index (χ3n) is 2.80. The topological polar surface area (TPSA) is 141 Å². The molecule has 0 saturated heterocycles. The molecule has 1 amide bonds. The number of ether oxygens (including phenoxy) is 1. The number of nitriles is 2. The molecule has 1 aromatic carbocycles. The number of esters is 1. The van der Waals surface area contributed by atoms with Crippen LogP contribution in [0.2, 0.25) is 0 Å². The molecule has 25 heavy (non-hydrogen) atoms. The van der Waals surface area contributed by atoms with Crippen LogP contribution in [-0.2, 0) is 9.53 Å². The number of carbonyl (C=O) groups is 2. The van der Waals surface area contributed by atoms with Crippen molar-refractivity contribution in [2.45, 2.75) is 13.3 Å². The highest BCUT2D eigenvalue weighted by Gasteiger charge is 2.16. The number of benzene rings is 1. The average molecular weight is 339 g/mol. The smallest absolute Gasteiger partial charge is 0.356 e. The number of nitrogens with one attached hydrogen (secondary N) is 2. The molecular weight excluding hydrogens is 322 g/mol. The van der Waals surface area contributed by atoms with Gasteiger partial charge in [0.15, 0.2) is 5.70 Å². The first-order chi connectivity index (χ1) is 12.0. The second kappa shape index (κ2) is 10.1. The van der Waals surface area contributed by atoms with Crippen LogP contribution in [0.1, 0.15) is 23.7 Å². The Labute approximate surface area is 145 Å². The van der Waals surface area contributed by atoms with Gasteiger partial charge in [0.2, 0.25) is 0 Å². The van der Waals surface area contributed by atoms with Crippen molar-refractivity contribution in [3.63, 3.8) is 0 Å². The van der Waals surface area contributed by atoms with Gasteiger partial charge in [-0.1, -0.05) is 25.1 Å². The van der Waals surface area contributed by atoms with Gasteiger partial charge in [-0.2, -0.15) is 10.5 Å². The molecule has 0 saturated carbocycles. The van der Waals surface area contributed by atoms with E-state index in [4.69, 9.17) is 21.0 Å². The number of allylic oxidation sites excluding steroid dienone is 2. The van der Waals surface area contributed by atoms with Gasteiger partial charge in [0, 0.05) is 11.8 Å². The predicted octanol–water partition coefficient (Wildman–Crippen LogP) is 1.02. The fourth-order valence-corrected chi connectivity index (χ4v) is 1.57. The maximum Gasteiger partial charge on any atom is 0.356 e. The first-order valence-corrected chi connectivity index (χ1v) is 7.33. The Kier molecular flexibility index (Phi) is 7.77. The standard InChI is InChI=1S/C17H17N5O3/c1-2-8-25-17(24)15(11-21-14(10-19)13(20)9-18)22-16(23)12-6-4-3-5-7-12/h3-7,11,21H,2,8,20H2,1H3,(H,22,23)/b14-13+,15-11+. The number of hydrogen-bond acceptors (Lipinski definition) is 7. The zero-order valence-corrected chi connectivity index (χ0v) is 13.6. The number of carbonyl (C=O) groups excluding carboxylic acids is 2. The lowest BCUT2D eigenvalue weighted by molar-refractivity contribution is -0.139. The fraction of sp³-hybridized carbons (Fsp3) is 0.176. The molecule has 0 aliphatic heterocycles. The summed E-state index contributed by atoms with van der Waals surface area (Å²) in [6.07, 6.45) is 1.66. The molecule has 0 heterocycles. The Morgan fingerprint density at radius 3 is 2.48 bits per heavy atom. The normalized spacial score (nSPS) is 11.4. The summed E-state index contributed by atoms with van der Waals surface area (Å²) in [6, 6.07) is 11.5. The lowest BCUT2D eigenvalue weighted by Crippen LogP contribution is -2.30. The molecule has 0 aliphatic carbocycles. The van der Waals surface area contributed by atoms with Gasteiger partial charge in [0.25, 0.3) is 5.91 Å². The van der Waals surface area contributed by atoms with Gasteiger partial charge >= 0.3 is 5.97 Å². The van der Waals surface area contributed by atoms with Crippen molar-refractivity contribution >= 4 is 11.9 Å². The monoisotopic (exact) mass is 339 g/mol. The van der Waals surface area contributed by atoms with E-state index in [0.717, 1.165) is 6.20 Å². The Morgan fingerprint density at radius 1 is 1.24 bits per heavy atom. The van der Waals surface area contributed by atoms with E-state index < -0.39 is 11.9 Å². The maximum atomic E-state index is 12.2. The van der Waals surface area contributed by atoms with E-state index in [9.17, 15) is 9.59 Å². The zero-order valence-electron chi connectivity index (χ0n) is 13.6. The predicted molar refractivity (Wildman–Crippen MR) is 88.8 cm³/mol. The van der Waals surface area contributed by atoms with Crippen molar-refractivity contribution in [1.29, 1.82) is 10.5 Å². The molecule has 0 aromatic heterocycles. The summed E-state index contributed by atoms with van der Waals surface area (Å²) < 4.78 is 4.99. The summed E-state index contributed by atoms with van der Waals surface area (Å²) >= 11 is 0. The van der Waals surface area contributed by atoms with E-state index in [1.54, 1.807) is 42.5 Å². The van der Waals surface area contributed by atoms with E-state index in [1.165, 1.54) is 0 Å². The van der Waals surface area contributed by atoms with Crippen LogP contribution in [0.4, 0.5) is 0 Å². The maximum absolute atomic E-state index is 12.2. The fourth-order valence-electron chi connectivity index (χ4n) is 1.57. The van der Waals surface area contributed by atoms with E-state index in [2.05, 4.69) is 10.6 Å². The first-order valence-electron chi connectivity index (χ1n) is 7.33. The van der Waals surface area contributed by atoms with Crippen molar-refractivity contribution in [3.05, 3.63) is 59.2 Å². The molecular formula is C17H17N5O3. The van der Waals surface area contributed by atoms with Gasteiger partial charge in [-0.25, -0.2) is 4.79 Å². The zero-order chi connectivity index (χ0) is 18.7. The molecule has 0 unspecified atom stereocenters. The highest BCUT2D eigenvalue weighted by atomic mass is 16.5. The van der Waals surface area contributed by atoms with E-state index in [1.807, 2.05) is 6.92 Å². The Morgan fingerprint density at radius 2 is 1.92 bits per heavy atom. The molecule has 0 spiro atoms. The average Bonchev–Trinajstić information content (AvgIpc) is 2.65. The van der Waals surface area contributed by atoms with Crippen molar-refractivity contribution in [3.8, 4) is 12.1 Å². The van der Waals surface area contributed by atoms with Crippen LogP contribution in [0.25, 0.3) is 0 Å². The van der Waals surface area contributed by atoms with Crippen molar-refractivity contribution in [1.82, 2.24) is 10.6 Å². The molecule has 0 atom stereocenters. The summed E-state index contributed by atoms with van der Waals surface area (Å²) in [4.78, 5) is 24.3. The summed E-state index contributed by atoms with van der Waals surface area (Å²) in [5.41, 5.74) is 4.87. The lowest BCUT2D eigenvalue weighted by atomic mass is 10.2. The van der Waals surface area contributed by atoms with Crippen LogP contribution in [0.3, 0.4) is 0 Å².